The SMILES string of the molecule is CC[C@@]1(C(=O)O)C[C@@H]2CC[C@H]1N2C(=O)c1nn(C)c2ccccc12. The Morgan fingerprint density at radius 1 is 1.33 bits per heavy atom. The van der Waals surface area contributed by atoms with Crippen molar-refractivity contribution in [3.63, 3.8) is 0 Å². The van der Waals surface area contributed by atoms with Crippen molar-refractivity contribution in [3.05, 3.63) is 30.0 Å². The van der Waals surface area contributed by atoms with E-state index in [0.29, 0.717) is 18.5 Å². The van der Waals surface area contributed by atoms with Crippen LogP contribution in [0.25, 0.3) is 10.9 Å². The van der Waals surface area contributed by atoms with Crippen molar-refractivity contribution < 1.29 is 14.7 Å². The fourth-order valence-electron chi connectivity index (χ4n) is 4.74. The van der Waals surface area contributed by atoms with Crippen LogP contribution in [-0.4, -0.2) is 43.7 Å². The number of hydrogen-bond acceptors (Lipinski definition) is 3. The van der Waals surface area contributed by atoms with Gasteiger partial charge in [-0.05, 0) is 31.7 Å². The van der Waals surface area contributed by atoms with E-state index >= 15 is 0 Å². The number of para-hydroxylation sites is 1. The quantitative estimate of drug-likeness (QED) is 0.939. The van der Waals surface area contributed by atoms with Gasteiger partial charge in [-0.3, -0.25) is 14.3 Å². The predicted molar refractivity (Wildman–Crippen MR) is 88.7 cm³/mol. The summed E-state index contributed by atoms with van der Waals surface area (Å²) >= 11 is 0. The number of aromatic nitrogens is 2. The van der Waals surface area contributed by atoms with E-state index in [1.165, 1.54) is 0 Å². The molecule has 2 saturated heterocycles. The van der Waals surface area contributed by atoms with Crippen LogP contribution in [0.4, 0.5) is 0 Å². The van der Waals surface area contributed by atoms with Crippen molar-refractivity contribution in [1.29, 1.82) is 0 Å². The number of amides is 1. The van der Waals surface area contributed by atoms with Crippen molar-refractivity contribution in [1.82, 2.24) is 14.7 Å². The molecule has 0 aliphatic carbocycles. The zero-order valence-electron chi connectivity index (χ0n) is 13.9. The van der Waals surface area contributed by atoms with Gasteiger partial charge < -0.3 is 10.0 Å². The summed E-state index contributed by atoms with van der Waals surface area (Å²) in [4.78, 5) is 26.9. The Hall–Kier alpha value is -2.37. The molecule has 2 bridgehead atoms. The maximum atomic E-state index is 13.2. The summed E-state index contributed by atoms with van der Waals surface area (Å²) in [6.45, 7) is 1.91. The number of benzene rings is 1. The van der Waals surface area contributed by atoms with Crippen LogP contribution < -0.4 is 0 Å². The number of carbonyl (C=O) groups excluding carboxylic acids is 1. The summed E-state index contributed by atoms with van der Waals surface area (Å²) in [6, 6.07) is 7.44. The van der Waals surface area contributed by atoms with Crippen LogP contribution in [0, 0.1) is 5.41 Å². The second kappa shape index (κ2) is 5.06. The molecule has 1 amide bonds. The second-order valence-electron chi connectivity index (χ2n) is 6.97. The summed E-state index contributed by atoms with van der Waals surface area (Å²) in [5, 5.41) is 15.0. The molecule has 6 heteroatoms. The predicted octanol–water partition coefficient (Wildman–Crippen LogP) is 2.43. The number of hydrogen-bond donors (Lipinski definition) is 1. The number of fused-ring (bicyclic) bond motifs is 3. The van der Waals surface area contributed by atoms with E-state index in [9.17, 15) is 14.7 Å². The smallest absolute Gasteiger partial charge is 0.311 e. The highest BCUT2D eigenvalue weighted by Gasteiger charge is 2.60. The van der Waals surface area contributed by atoms with Crippen LogP contribution in [0.5, 0.6) is 0 Å². The van der Waals surface area contributed by atoms with Gasteiger partial charge in [-0.2, -0.15) is 5.10 Å². The van der Waals surface area contributed by atoms with E-state index in [4.69, 9.17) is 0 Å². The van der Waals surface area contributed by atoms with Gasteiger partial charge in [0.2, 0.25) is 0 Å². The van der Waals surface area contributed by atoms with E-state index < -0.39 is 11.4 Å². The summed E-state index contributed by atoms with van der Waals surface area (Å²) in [7, 11) is 1.82. The molecule has 1 aromatic carbocycles. The minimum absolute atomic E-state index is 0.0133. The van der Waals surface area contributed by atoms with Crippen LogP contribution in [0.15, 0.2) is 24.3 Å². The van der Waals surface area contributed by atoms with Crippen molar-refractivity contribution in [2.45, 2.75) is 44.7 Å². The van der Waals surface area contributed by atoms with Gasteiger partial charge in [0.05, 0.1) is 10.9 Å². The molecule has 2 aliphatic rings. The largest absolute Gasteiger partial charge is 0.481 e. The third-order valence-electron chi connectivity index (χ3n) is 5.99. The van der Waals surface area contributed by atoms with E-state index in [1.807, 2.05) is 43.1 Å². The lowest BCUT2D eigenvalue weighted by Crippen LogP contribution is -2.44. The Bertz CT molecular complexity index is 843. The van der Waals surface area contributed by atoms with Gasteiger partial charge in [-0.1, -0.05) is 25.1 Å². The molecule has 126 valence electrons. The highest BCUT2D eigenvalue weighted by molar-refractivity contribution is 6.05. The van der Waals surface area contributed by atoms with Crippen molar-refractivity contribution in [3.8, 4) is 0 Å². The minimum atomic E-state index is -0.802. The Morgan fingerprint density at radius 3 is 2.75 bits per heavy atom. The zero-order chi connectivity index (χ0) is 17.1. The van der Waals surface area contributed by atoms with Crippen LogP contribution in [0.2, 0.25) is 0 Å². The molecule has 0 radical (unpaired) electrons. The molecule has 1 N–H and O–H groups in total. The normalized spacial score (nSPS) is 28.7. The fourth-order valence-corrected chi connectivity index (χ4v) is 4.74. The molecule has 0 saturated carbocycles. The van der Waals surface area contributed by atoms with Gasteiger partial charge in [0.25, 0.3) is 5.91 Å². The first-order chi connectivity index (χ1) is 11.5. The average molecular weight is 327 g/mol. The van der Waals surface area contributed by atoms with Gasteiger partial charge in [0.15, 0.2) is 5.69 Å². The standard InChI is InChI=1S/C18H21N3O3/c1-3-18(17(23)24)10-11-8-9-14(18)21(11)16(22)15-12-6-4-5-7-13(12)20(2)19-15/h4-7,11,14H,3,8-10H2,1-2H3,(H,23,24)/t11-,14+,18+/m0/s1. The molecule has 24 heavy (non-hydrogen) atoms. The van der Waals surface area contributed by atoms with Gasteiger partial charge in [-0.15, -0.1) is 0 Å². The molecule has 3 atom stereocenters. The molecule has 2 fully saturated rings. The van der Waals surface area contributed by atoms with Crippen LogP contribution in [0.1, 0.15) is 43.1 Å². The molecular formula is C18H21N3O3. The Labute approximate surface area is 140 Å². The number of aliphatic carboxylic acids is 1. The lowest BCUT2D eigenvalue weighted by atomic mass is 9.72. The number of carbonyl (C=O) groups is 2. The number of rotatable bonds is 3. The van der Waals surface area contributed by atoms with E-state index in [0.717, 1.165) is 23.7 Å². The number of carboxylic acid groups (broad SMARTS) is 1. The monoisotopic (exact) mass is 327 g/mol. The van der Waals surface area contributed by atoms with E-state index in [-0.39, 0.29) is 18.0 Å². The molecule has 3 heterocycles. The van der Waals surface area contributed by atoms with Gasteiger partial charge in [-0.25, -0.2) is 0 Å². The molecule has 0 unspecified atom stereocenters. The fraction of sp³-hybridized carbons (Fsp3) is 0.500. The second-order valence-corrected chi connectivity index (χ2v) is 6.97. The van der Waals surface area contributed by atoms with Gasteiger partial charge >= 0.3 is 5.97 Å². The molecule has 0 spiro atoms. The molecular weight excluding hydrogens is 306 g/mol. The lowest BCUT2D eigenvalue weighted by molar-refractivity contribution is -0.151. The molecule has 6 nitrogen and oxygen atoms in total. The highest BCUT2D eigenvalue weighted by atomic mass is 16.4. The summed E-state index contributed by atoms with van der Waals surface area (Å²) in [5.41, 5.74) is 0.540. The van der Waals surface area contributed by atoms with Gasteiger partial charge in [0.1, 0.15) is 0 Å². The Kier molecular flexibility index (Phi) is 3.20. The van der Waals surface area contributed by atoms with Crippen molar-refractivity contribution in [2.24, 2.45) is 12.5 Å². The molecule has 2 aliphatic heterocycles. The first kappa shape index (κ1) is 15.2. The van der Waals surface area contributed by atoms with Crippen LogP contribution >= 0.6 is 0 Å². The Balaban J connectivity index is 1.77. The van der Waals surface area contributed by atoms with Gasteiger partial charge in [0, 0.05) is 24.5 Å². The topological polar surface area (TPSA) is 75.4 Å². The number of aryl methyl sites for hydroxylation is 1. The summed E-state index contributed by atoms with van der Waals surface area (Å²) in [6.07, 6.45) is 2.76. The van der Waals surface area contributed by atoms with Crippen LogP contribution in [0.3, 0.4) is 0 Å². The van der Waals surface area contributed by atoms with Crippen molar-refractivity contribution in [2.75, 3.05) is 0 Å². The molecule has 4 rings (SSSR count). The number of carboxylic acids is 1. The molecule has 1 aromatic heterocycles. The third kappa shape index (κ3) is 1.79. The first-order valence-electron chi connectivity index (χ1n) is 8.47. The maximum Gasteiger partial charge on any atom is 0.311 e. The third-order valence-corrected chi connectivity index (χ3v) is 5.99. The number of nitrogens with zero attached hydrogens (tertiary/aromatic N) is 3. The lowest BCUT2D eigenvalue weighted by Gasteiger charge is -2.32. The summed E-state index contributed by atoms with van der Waals surface area (Å²) < 4.78 is 1.71. The first-order valence-corrected chi connectivity index (χ1v) is 8.47. The summed E-state index contributed by atoms with van der Waals surface area (Å²) in [5.74, 6) is -0.906. The van der Waals surface area contributed by atoms with Crippen LogP contribution in [-0.2, 0) is 11.8 Å². The zero-order valence-corrected chi connectivity index (χ0v) is 13.9. The molecule has 2 aromatic rings. The van der Waals surface area contributed by atoms with E-state index in [1.54, 1.807) is 4.68 Å². The van der Waals surface area contributed by atoms with E-state index in [2.05, 4.69) is 5.10 Å². The highest BCUT2D eigenvalue weighted by Crippen LogP contribution is 2.52. The maximum absolute atomic E-state index is 13.2. The Morgan fingerprint density at radius 2 is 2.08 bits per heavy atom. The van der Waals surface area contributed by atoms with Crippen molar-refractivity contribution >= 4 is 22.8 Å². The minimum Gasteiger partial charge on any atom is -0.481 e. The average Bonchev–Trinajstić information content (AvgIpc) is 3.24.